The molecule has 1 aliphatic carbocycles. The second-order valence-electron chi connectivity index (χ2n) is 5.50. The van der Waals surface area contributed by atoms with Gasteiger partial charge in [-0.1, -0.05) is 20.8 Å². The second kappa shape index (κ2) is 4.42. The van der Waals surface area contributed by atoms with Crippen molar-refractivity contribution in [3.63, 3.8) is 0 Å². The van der Waals surface area contributed by atoms with Crippen LogP contribution in [0.1, 0.15) is 60.3 Å². The highest BCUT2D eigenvalue weighted by Crippen LogP contribution is 2.49. The van der Waals surface area contributed by atoms with Crippen LogP contribution in [0.4, 0.5) is 0 Å². The lowest BCUT2D eigenvalue weighted by molar-refractivity contribution is -0.189. The molecule has 90 valence electrons. The highest BCUT2D eigenvalue weighted by atomic mass is 16.5. The molecule has 2 N–H and O–H groups in total. The largest absolute Gasteiger partial charge is 0.372 e. The van der Waals surface area contributed by atoms with Crippen LogP contribution in [-0.2, 0) is 4.74 Å². The molecule has 2 unspecified atom stereocenters. The highest BCUT2D eigenvalue weighted by Gasteiger charge is 2.52. The number of hydrogen-bond acceptors (Lipinski definition) is 2. The lowest BCUT2D eigenvalue weighted by Gasteiger charge is -2.55. The van der Waals surface area contributed by atoms with E-state index < -0.39 is 0 Å². The first-order chi connectivity index (χ1) is 6.91. The molecule has 0 saturated heterocycles. The SMILES string of the molecule is CCC(C)(C)OC1CC(N)C1(CC)CC. The molecule has 15 heavy (non-hydrogen) atoms. The Morgan fingerprint density at radius 1 is 1.27 bits per heavy atom. The van der Waals surface area contributed by atoms with E-state index in [0.717, 1.165) is 25.7 Å². The van der Waals surface area contributed by atoms with Crippen molar-refractivity contribution in [2.45, 2.75) is 78.0 Å². The van der Waals surface area contributed by atoms with Crippen LogP contribution in [0.5, 0.6) is 0 Å². The Morgan fingerprint density at radius 2 is 1.80 bits per heavy atom. The van der Waals surface area contributed by atoms with Gasteiger partial charge in [0.15, 0.2) is 0 Å². The Morgan fingerprint density at radius 3 is 2.13 bits per heavy atom. The van der Waals surface area contributed by atoms with Gasteiger partial charge in [-0.05, 0) is 39.5 Å². The first-order valence-corrected chi connectivity index (χ1v) is 6.35. The Balaban J connectivity index is 2.65. The summed E-state index contributed by atoms with van der Waals surface area (Å²) in [5.41, 5.74) is 6.39. The van der Waals surface area contributed by atoms with Crippen LogP contribution >= 0.6 is 0 Å². The van der Waals surface area contributed by atoms with Gasteiger partial charge in [0.2, 0.25) is 0 Å². The van der Waals surface area contributed by atoms with Crippen LogP contribution in [0.15, 0.2) is 0 Å². The van der Waals surface area contributed by atoms with Crippen LogP contribution in [0, 0.1) is 5.41 Å². The zero-order chi connectivity index (χ0) is 11.7. The molecule has 0 radical (unpaired) electrons. The van der Waals surface area contributed by atoms with Crippen molar-refractivity contribution >= 4 is 0 Å². The predicted molar refractivity (Wildman–Crippen MR) is 64.9 cm³/mol. The Bertz CT molecular complexity index is 209. The molecule has 2 atom stereocenters. The van der Waals surface area contributed by atoms with Crippen molar-refractivity contribution in [1.82, 2.24) is 0 Å². The average Bonchev–Trinajstić information content (AvgIpc) is 2.19. The van der Waals surface area contributed by atoms with Gasteiger partial charge in [0.05, 0.1) is 11.7 Å². The van der Waals surface area contributed by atoms with Gasteiger partial charge in [-0.3, -0.25) is 0 Å². The summed E-state index contributed by atoms with van der Waals surface area (Å²) in [4.78, 5) is 0. The van der Waals surface area contributed by atoms with Gasteiger partial charge >= 0.3 is 0 Å². The summed E-state index contributed by atoms with van der Waals surface area (Å²) in [6.45, 7) is 11.0. The standard InChI is InChI=1S/C13H27NO/c1-6-12(4,5)15-11-9-10(14)13(11,7-2)8-3/h10-11H,6-9,14H2,1-5H3. The van der Waals surface area contributed by atoms with E-state index in [1.165, 1.54) is 0 Å². The van der Waals surface area contributed by atoms with Crippen LogP contribution in [0.2, 0.25) is 0 Å². The third-order valence-corrected chi connectivity index (χ3v) is 4.48. The fourth-order valence-electron chi connectivity index (χ4n) is 2.64. The van der Waals surface area contributed by atoms with Crippen molar-refractivity contribution in [3.05, 3.63) is 0 Å². The molecular weight excluding hydrogens is 186 g/mol. The molecule has 0 aromatic carbocycles. The Kier molecular flexibility index (Phi) is 3.83. The molecule has 0 aliphatic heterocycles. The number of nitrogens with two attached hydrogens (primary N) is 1. The highest BCUT2D eigenvalue weighted by molar-refractivity contribution is 5.05. The minimum absolute atomic E-state index is 0.000394. The maximum atomic E-state index is 6.21. The van der Waals surface area contributed by atoms with E-state index in [4.69, 9.17) is 10.5 Å². The molecule has 1 saturated carbocycles. The lowest BCUT2D eigenvalue weighted by atomic mass is 9.59. The molecule has 1 aliphatic rings. The van der Waals surface area contributed by atoms with Gasteiger partial charge in [-0.2, -0.15) is 0 Å². The Hall–Kier alpha value is -0.0800. The summed E-state index contributed by atoms with van der Waals surface area (Å²) >= 11 is 0. The summed E-state index contributed by atoms with van der Waals surface area (Å²) in [6, 6.07) is 0.338. The number of rotatable bonds is 5. The maximum Gasteiger partial charge on any atom is 0.0668 e. The summed E-state index contributed by atoms with van der Waals surface area (Å²) in [5, 5.41) is 0. The lowest BCUT2D eigenvalue weighted by Crippen LogP contribution is -2.63. The molecule has 0 amide bonds. The minimum Gasteiger partial charge on any atom is -0.372 e. The first-order valence-electron chi connectivity index (χ1n) is 6.35. The van der Waals surface area contributed by atoms with E-state index in [2.05, 4.69) is 34.6 Å². The third kappa shape index (κ3) is 2.21. The summed E-state index contributed by atoms with van der Waals surface area (Å²) in [6.07, 6.45) is 4.73. The fourth-order valence-corrected chi connectivity index (χ4v) is 2.64. The maximum absolute atomic E-state index is 6.21. The van der Waals surface area contributed by atoms with Crippen molar-refractivity contribution in [2.24, 2.45) is 11.1 Å². The topological polar surface area (TPSA) is 35.2 Å². The fraction of sp³-hybridized carbons (Fsp3) is 1.00. The Labute approximate surface area is 94.6 Å². The molecule has 0 bridgehead atoms. The van der Waals surface area contributed by atoms with Gasteiger partial charge in [-0.15, -0.1) is 0 Å². The molecule has 1 rings (SSSR count). The minimum atomic E-state index is 0.000394. The van der Waals surface area contributed by atoms with Gasteiger partial charge in [0.25, 0.3) is 0 Å². The smallest absolute Gasteiger partial charge is 0.0668 e. The van der Waals surface area contributed by atoms with Crippen LogP contribution in [0.25, 0.3) is 0 Å². The molecule has 0 heterocycles. The molecule has 2 heteroatoms. The summed E-state index contributed by atoms with van der Waals surface area (Å²) in [7, 11) is 0. The molecule has 0 aromatic heterocycles. The predicted octanol–water partition coefficient (Wildman–Crippen LogP) is 3.10. The van der Waals surface area contributed by atoms with Crippen LogP contribution < -0.4 is 5.73 Å². The zero-order valence-electron chi connectivity index (χ0n) is 11.0. The molecule has 2 nitrogen and oxygen atoms in total. The van der Waals surface area contributed by atoms with E-state index in [0.29, 0.717) is 12.1 Å². The monoisotopic (exact) mass is 213 g/mol. The average molecular weight is 213 g/mol. The van der Waals surface area contributed by atoms with E-state index in [-0.39, 0.29) is 11.0 Å². The third-order valence-electron chi connectivity index (χ3n) is 4.48. The van der Waals surface area contributed by atoms with Crippen molar-refractivity contribution in [3.8, 4) is 0 Å². The molecular formula is C13H27NO. The molecule has 0 aromatic rings. The zero-order valence-corrected chi connectivity index (χ0v) is 11.0. The van der Waals surface area contributed by atoms with Crippen molar-refractivity contribution in [1.29, 1.82) is 0 Å². The quantitative estimate of drug-likeness (QED) is 0.761. The van der Waals surface area contributed by atoms with Crippen LogP contribution in [0.3, 0.4) is 0 Å². The van der Waals surface area contributed by atoms with Gasteiger partial charge in [0.1, 0.15) is 0 Å². The number of ether oxygens (including phenoxy) is 1. The van der Waals surface area contributed by atoms with Gasteiger partial charge in [0, 0.05) is 11.5 Å². The molecule has 1 fully saturated rings. The van der Waals surface area contributed by atoms with Gasteiger partial charge < -0.3 is 10.5 Å². The van der Waals surface area contributed by atoms with E-state index in [1.54, 1.807) is 0 Å². The van der Waals surface area contributed by atoms with Crippen LogP contribution in [-0.4, -0.2) is 17.7 Å². The normalized spacial score (nSPS) is 30.0. The first kappa shape index (κ1) is 13.0. The summed E-state index contributed by atoms with van der Waals surface area (Å²) < 4.78 is 6.21. The molecule has 0 spiro atoms. The van der Waals surface area contributed by atoms with E-state index in [1.807, 2.05) is 0 Å². The number of hydrogen-bond donors (Lipinski definition) is 1. The van der Waals surface area contributed by atoms with E-state index in [9.17, 15) is 0 Å². The van der Waals surface area contributed by atoms with E-state index >= 15 is 0 Å². The summed E-state index contributed by atoms with van der Waals surface area (Å²) in [5.74, 6) is 0. The van der Waals surface area contributed by atoms with Gasteiger partial charge in [-0.25, -0.2) is 0 Å². The second-order valence-corrected chi connectivity index (χ2v) is 5.50. The van der Waals surface area contributed by atoms with Crippen molar-refractivity contribution in [2.75, 3.05) is 0 Å². The van der Waals surface area contributed by atoms with Crippen molar-refractivity contribution < 1.29 is 4.74 Å².